The van der Waals surface area contributed by atoms with Crippen molar-refractivity contribution in [2.24, 2.45) is 0 Å². The van der Waals surface area contributed by atoms with E-state index >= 15 is 0 Å². The van der Waals surface area contributed by atoms with E-state index in [9.17, 15) is 9.18 Å². The van der Waals surface area contributed by atoms with Crippen LogP contribution in [0.2, 0.25) is 0 Å². The van der Waals surface area contributed by atoms with E-state index in [4.69, 9.17) is 0 Å². The Morgan fingerprint density at radius 3 is 2.56 bits per heavy atom. The van der Waals surface area contributed by atoms with Gasteiger partial charge in [0.05, 0.1) is 0 Å². The maximum atomic E-state index is 13.0. The number of carbonyl (C=O) groups excluding carboxylic acids is 1. The summed E-state index contributed by atoms with van der Waals surface area (Å²) in [5.41, 5.74) is 0.905. The van der Waals surface area contributed by atoms with Gasteiger partial charge in [0.2, 0.25) is 17.8 Å². The molecule has 2 heterocycles. The smallest absolute Gasteiger partial charge is 0.245 e. The van der Waals surface area contributed by atoms with Crippen molar-refractivity contribution in [3.8, 4) is 0 Å². The van der Waals surface area contributed by atoms with Crippen molar-refractivity contribution in [3.63, 3.8) is 0 Å². The van der Waals surface area contributed by atoms with Crippen molar-refractivity contribution in [3.05, 3.63) is 41.5 Å². The minimum absolute atomic E-state index is 0.00256. The summed E-state index contributed by atoms with van der Waals surface area (Å²) in [5.74, 6) is 1.53. The van der Waals surface area contributed by atoms with Crippen LogP contribution in [0, 0.1) is 5.82 Å². The quantitative estimate of drug-likeness (QED) is 0.839. The molecule has 3 rings (SSSR count). The number of benzene rings is 1. The minimum atomic E-state index is -0.372. The van der Waals surface area contributed by atoms with Gasteiger partial charge in [0.25, 0.3) is 0 Å². The average molecular weight is 372 g/mol. The maximum Gasteiger partial charge on any atom is 0.245 e. The third-order valence-electron chi connectivity index (χ3n) is 4.44. The van der Waals surface area contributed by atoms with Gasteiger partial charge in [0.1, 0.15) is 17.7 Å². The number of rotatable bonds is 6. The van der Waals surface area contributed by atoms with E-state index in [1.807, 2.05) is 32.8 Å². The molecule has 1 fully saturated rings. The van der Waals surface area contributed by atoms with E-state index in [0.29, 0.717) is 37.2 Å². The maximum absolute atomic E-state index is 13.0. The SMILES string of the molecule is CC(C)c1nc(NC2CCN(Cc3ccc(F)cc3)C2=O)nc(N(C)C)n1. The third kappa shape index (κ3) is 4.50. The van der Waals surface area contributed by atoms with Gasteiger partial charge in [0.15, 0.2) is 0 Å². The lowest BCUT2D eigenvalue weighted by Crippen LogP contribution is -2.34. The van der Waals surface area contributed by atoms with Gasteiger partial charge < -0.3 is 15.1 Å². The number of aromatic nitrogens is 3. The lowest BCUT2D eigenvalue weighted by Gasteiger charge is -2.18. The zero-order valence-corrected chi connectivity index (χ0v) is 16.1. The third-order valence-corrected chi connectivity index (χ3v) is 4.44. The summed E-state index contributed by atoms with van der Waals surface area (Å²) >= 11 is 0. The Bertz CT molecular complexity index is 782. The number of anilines is 2. The normalized spacial score (nSPS) is 16.9. The van der Waals surface area contributed by atoms with Crippen LogP contribution in [0.15, 0.2) is 24.3 Å². The van der Waals surface area contributed by atoms with Crippen LogP contribution in [0.25, 0.3) is 0 Å². The molecule has 0 spiro atoms. The van der Waals surface area contributed by atoms with Crippen molar-refractivity contribution in [2.45, 2.75) is 38.8 Å². The van der Waals surface area contributed by atoms with Crippen LogP contribution >= 0.6 is 0 Å². The first-order chi connectivity index (χ1) is 12.8. The van der Waals surface area contributed by atoms with Gasteiger partial charge >= 0.3 is 0 Å². The van der Waals surface area contributed by atoms with E-state index in [2.05, 4.69) is 20.3 Å². The topological polar surface area (TPSA) is 74.2 Å². The summed E-state index contributed by atoms with van der Waals surface area (Å²) in [6.45, 7) is 5.14. The molecule has 2 aromatic rings. The fourth-order valence-electron chi connectivity index (χ4n) is 2.90. The van der Waals surface area contributed by atoms with Crippen LogP contribution in [0.3, 0.4) is 0 Å². The monoisotopic (exact) mass is 372 g/mol. The van der Waals surface area contributed by atoms with Crippen LogP contribution in [-0.2, 0) is 11.3 Å². The molecule has 1 aromatic carbocycles. The molecular formula is C19H25FN6O. The van der Waals surface area contributed by atoms with Gasteiger partial charge in [-0.1, -0.05) is 26.0 Å². The Kier molecular flexibility index (Phi) is 5.53. The Labute approximate surface area is 158 Å². The number of halogens is 1. The molecule has 7 nitrogen and oxygen atoms in total. The van der Waals surface area contributed by atoms with Crippen LogP contribution in [-0.4, -0.2) is 52.4 Å². The molecule has 0 saturated carbocycles. The van der Waals surface area contributed by atoms with Crippen LogP contribution in [0.1, 0.15) is 37.6 Å². The summed E-state index contributed by atoms with van der Waals surface area (Å²) in [4.78, 5) is 29.6. The molecule has 1 atom stereocenters. The second-order valence-corrected chi connectivity index (χ2v) is 7.24. The zero-order valence-electron chi connectivity index (χ0n) is 16.1. The molecule has 8 heteroatoms. The molecule has 1 aromatic heterocycles. The standard InChI is InChI=1S/C19H25FN6O/c1-12(2)16-22-18(24-19(23-16)25(3)4)21-15-9-10-26(17(15)27)11-13-5-7-14(20)8-6-13/h5-8,12,15H,9-11H2,1-4H3,(H,21,22,23,24). The molecule has 0 bridgehead atoms. The summed E-state index contributed by atoms with van der Waals surface area (Å²) in [6, 6.07) is 5.85. The highest BCUT2D eigenvalue weighted by molar-refractivity contribution is 5.86. The van der Waals surface area contributed by atoms with Crippen LogP contribution in [0.5, 0.6) is 0 Å². The molecule has 1 saturated heterocycles. The molecule has 1 amide bonds. The molecule has 27 heavy (non-hydrogen) atoms. The lowest BCUT2D eigenvalue weighted by atomic mass is 10.2. The highest BCUT2D eigenvalue weighted by Crippen LogP contribution is 2.20. The average Bonchev–Trinajstić information content (AvgIpc) is 2.96. The van der Waals surface area contributed by atoms with Gasteiger partial charge in [0, 0.05) is 33.1 Å². The number of hydrogen-bond acceptors (Lipinski definition) is 6. The zero-order chi connectivity index (χ0) is 19.6. The number of amides is 1. The van der Waals surface area contributed by atoms with Gasteiger partial charge in [-0.2, -0.15) is 15.0 Å². The van der Waals surface area contributed by atoms with Crippen molar-refractivity contribution >= 4 is 17.8 Å². The molecule has 144 valence electrons. The second kappa shape index (κ2) is 7.85. The molecule has 1 aliphatic rings. The van der Waals surface area contributed by atoms with Crippen molar-refractivity contribution in [1.29, 1.82) is 0 Å². The highest BCUT2D eigenvalue weighted by atomic mass is 19.1. The Morgan fingerprint density at radius 2 is 1.93 bits per heavy atom. The summed E-state index contributed by atoms with van der Waals surface area (Å²) < 4.78 is 13.0. The van der Waals surface area contributed by atoms with Gasteiger partial charge in [-0.05, 0) is 24.1 Å². The van der Waals surface area contributed by atoms with Gasteiger partial charge in [-0.15, -0.1) is 0 Å². The van der Waals surface area contributed by atoms with E-state index in [-0.39, 0.29) is 23.7 Å². The number of likely N-dealkylation sites (tertiary alicyclic amines) is 1. The molecule has 0 radical (unpaired) electrons. The molecule has 1 aliphatic heterocycles. The van der Waals surface area contributed by atoms with Crippen LogP contribution < -0.4 is 10.2 Å². The molecule has 1 unspecified atom stereocenters. The van der Waals surface area contributed by atoms with Gasteiger partial charge in [-0.25, -0.2) is 4.39 Å². The van der Waals surface area contributed by atoms with Crippen molar-refractivity contribution in [2.75, 3.05) is 30.9 Å². The Balaban J connectivity index is 1.71. The molecular weight excluding hydrogens is 347 g/mol. The van der Waals surface area contributed by atoms with E-state index in [1.165, 1.54) is 12.1 Å². The lowest BCUT2D eigenvalue weighted by molar-refractivity contribution is -0.128. The van der Waals surface area contributed by atoms with Crippen molar-refractivity contribution in [1.82, 2.24) is 19.9 Å². The first kappa shape index (κ1) is 19.0. The summed E-state index contributed by atoms with van der Waals surface area (Å²) in [5, 5.41) is 3.17. The fraction of sp³-hybridized carbons (Fsp3) is 0.474. The number of nitrogens with zero attached hydrogens (tertiary/aromatic N) is 5. The summed E-state index contributed by atoms with van der Waals surface area (Å²) in [6.07, 6.45) is 0.667. The Hall–Kier alpha value is -2.77. The van der Waals surface area contributed by atoms with Crippen molar-refractivity contribution < 1.29 is 9.18 Å². The fourth-order valence-corrected chi connectivity index (χ4v) is 2.90. The van der Waals surface area contributed by atoms with E-state index in [0.717, 1.165) is 5.56 Å². The molecule has 0 aliphatic carbocycles. The largest absolute Gasteiger partial charge is 0.347 e. The van der Waals surface area contributed by atoms with Crippen LogP contribution in [0.4, 0.5) is 16.3 Å². The second-order valence-electron chi connectivity index (χ2n) is 7.24. The highest BCUT2D eigenvalue weighted by Gasteiger charge is 2.32. The predicted molar refractivity (Wildman–Crippen MR) is 102 cm³/mol. The number of carbonyl (C=O) groups is 1. The first-order valence-corrected chi connectivity index (χ1v) is 9.06. The van der Waals surface area contributed by atoms with E-state index < -0.39 is 0 Å². The summed E-state index contributed by atoms with van der Waals surface area (Å²) in [7, 11) is 3.74. The predicted octanol–water partition coefficient (Wildman–Crippen LogP) is 2.41. The first-order valence-electron chi connectivity index (χ1n) is 9.06. The minimum Gasteiger partial charge on any atom is -0.347 e. The van der Waals surface area contributed by atoms with E-state index in [1.54, 1.807) is 17.0 Å². The molecule has 1 N–H and O–H groups in total. The number of nitrogens with one attached hydrogen (secondary N) is 1. The van der Waals surface area contributed by atoms with Gasteiger partial charge in [-0.3, -0.25) is 4.79 Å². The number of hydrogen-bond donors (Lipinski definition) is 1. The Morgan fingerprint density at radius 1 is 1.22 bits per heavy atom.